The van der Waals surface area contributed by atoms with Gasteiger partial charge in [0.15, 0.2) is 5.82 Å². The summed E-state index contributed by atoms with van der Waals surface area (Å²) in [5, 5.41) is 13.4. The van der Waals surface area contributed by atoms with Crippen LogP contribution in [-0.2, 0) is 0 Å². The van der Waals surface area contributed by atoms with Gasteiger partial charge in [0.25, 0.3) is 0 Å². The molecule has 1 heterocycles. The first-order valence-electron chi connectivity index (χ1n) is 7.47. The quantitative estimate of drug-likeness (QED) is 0.898. The zero-order valence-corrected chi connectivity index (χ0v) is 13.7. The van der Waals surface area contributed by atoms with E-state index in [2.05, 4.69) is 40.9 Å². The molecule has 0 saturated carbocycles. The summed E-state index contributed by atoms with van der Waals surface area (Å²) in [6, 6.07) is 5.98. The molecule has 0 aliphatic heterocycles. The lowest BCUT2D eigenvalue weighted by molar-refractivity contribution is 0.262. The molecular formula is C16H23N5O. The fourth-order valence-corrected chi connectivity index (χ4v) is 1.99. The van der Waals surface area contributed by atoms with Crippen molar-refractivity contribution in [3.8, 4) is 0 Å². The number of hydrogen-bond donors (Lipinski definition) is 2. The summed E-state index contributed by atoms with van der Waals surface area (Å²) in [4.78, 5) is 12.1. The van der Waals surface area contributed by atoms with Crippen LogP contribution in [0, 0.1) is 6.92 Å². The Balaban J connectivity index is 2.06. The Hall–Kier alpha value is -2.37. The van der Waals surface area contributed by atoms with Crippen LogP contribution in [-0.4, -0.2) is 21.0 Å². The Morgan fingerprint density at radius 1 is 1.18 bits per heavy atom. The van der Waals surface area contributed by atoms with Crippen molar-refractivity contribution < 1.29 is 4.79 Å². The van der Waals surface area contributed by atoms with Crippen molar-refractivity contribution in [3.05, 3.63) is 35.5 Å². The number of rotatable bonds is 4. The molecule has 0 bridgehead atoms. The van der Waals surface area contributed by atoms with Crippen molar-refractivity contribution >= 4 is 17.5 Å². The van der Waals surface area contributed by atoms with Gasteiger partial charge in [-0.05, 0) is 43.9 Å². The third-order valence-electron chi connectivity index (χ3n) is 3.46. The second kappa shape index (κ2) is 6.60. The van der Waals surface area contributed by atoms with Gasteiger partial charge in [-0.1, -0.05) is 31.2 Å². The average Bonchev–Trinajstić information content (AvgIpc) is 2.89. The van der Waals surface area contributed by atoms with E-state index >= 15 is 0 Å². The van der Waals surface area contributed by atoms with Gasteiger partial charge in [0.05, 0.1) is 6.20 Å². The minimum atomic E-state index is -0.320. The lowest BCUT2D eigenvalue weighted by Crippen LogP contribution is -2.20. The van der Waals surface area contributed by atoms with E-state index in [0.717, 1.165) is 11.3 Å². The fourth-order valence-electron chi connectivity index (χ4n) is 1.99. The molecule has 0 fully saturated rings. The molecule has 6 nitrogen and oxygen atoms in total. The smallest absolute Gasteiger partial charge is 0.307 e. The van der Waals surface area contributed by atoms with E-state index in [1.807, 2.05) is 32.9 Å². The molecule has 1 aromatic heterocycles. The molecule has 0 aliphatic carbocycles. The predicted octanol–water partition coefficient (Wildman–Crippen LogP) is 3.93. The molecule has 2 amide bonds. The van der Waals surface area contributed by atoms with Gasteiger partial charge in [0.1, 0.15) is 0 Å². The second-order valence-electron chi connectivity index (χ2n) is 5.99. The van der Waals surface area contributed by atoms with E-state index in [1.54, 1.807) is 10.9 Å². The number of carbonyl (C=O) groups excluding carboxylic acids is 1. The monoisotopic (exact) mass is 301 g/mol. The zero-order chi connectivity index (χ0) is 16.3. The molecule has 2 N–H and O–H groups in total. The topological polar surface area (TPSA) is 71.8 Å². The van der Waals surface area contributed by atoms with Crippen LogP contribution in [0.5, 0.6) is 0 Å². The van der Waals surface area contributed by atoms with Gasteiger partial charge in [0.2, 0.25) is 0 Å². The molecular weight excluding hydrogens is 278 g/mol. The number of aryl methyl sites for hydroxylation is 1. The van der Waals surface area contributed by atoms with Crippen LogP contribution in [0.15, 0.2) is 24.4 Å². The second-order valence-corrected chi connectivity index (χ2v) is 5.99. The van der Waals surface area contributed by atoms with Crippen molar-refractivity contribution in [2.45, 2.75) is 46.6 Å². The molecule has 2 aromatic rings. The number of carbonyl (C=O) groups is 1. The SMILES string of the molecule is Cc1ccc(C(C)C)cc1NC(=O)Nc1cn(C(C)C)nn1. The summed E-state index contributed by atoms with van der Waals surface area (Å²) < 4.78 is 1.69. The molecule has 1 aromatic carbocycles. The third-order valence-corrected chi connectivity index (χ3v) is 3.46. The van der Waals surface area contributed by atoms with Gasteiger partial charge in [0, 0.05) is 11.7 Å². The fraction of sp³-hybridized carbons (Fsp3) is 0.438. The largest absolute Gasteiger partial charge is 0.324 e. The molecule has 0 unspecified atom stereocenters. The average molecular weight is 301 g/mol. The molecule has 0 radical (unpaired) electrons. The van der Waals surface area contributed by atoms with Crippen LogP contribution >= 0.6 is 0 Å². The van der Waals surface area contributed by atoms with E-state index in [0.29, 0.717) is 11.7 Å². The lowest BCUT2D eigenvalue weighted by Gasteiger charge is -2.12. The number of nitrogens with zero attached hydrogens (tertiary/aromatic N) is 3. The summed E-state index contributed by atoms with van der Waals surface area (Å²) in [7, 11) is 0. The highest BCUT2D eigenvalue weighted by Crippen LogP contribution is 2.22. The van der Waals surface area contributed by atoms with Crippen LogP contribution in [0.4, 0.5) is 16.3 Å². The number of urea groups is 1. The van der Waals surface area contributed by atoms with Crippen molar-refractivity contribution in [3.63, 3.8) is 0 Å². The number of aromatic nitrogens is 3. The van der Waals surface area contributed by atoms with Gasteiger partial charge in [-0.2, -0.15) is 0 Å². The molecule has 118 valence electrons. The van der Waals surface area contributed by atoms with Crippen LogP contribution in [0.1, 0.15) is 50.8 Å². The summed E-state index contributed by atoms with van der Waals surface area (Å²) in [5.74, 6) is 0.846. The molecule has 0 saturated heterocycles. The highest BCUT2D eigenvalue weighted by molar-refractivity contribution is 5.99. The first kappa shape index (κ1) is 16.0. The standard InChI is InChI=1S/C16H23N5O/c1-10(2)13-7-6-12(5)14(8-13)17-16(22)18-15-9-21(11(3)4)20-19-15/h6-11H,1-5H3,(H2,17,18,22). The predicted molar refractivity (Wildman–Crippen MR) is 88.3 cm³/mol. The minimum absolute atomic E-state index is 0.205. The van der Waals surface area contributed by atoms with E-state index < -0.39 is 0 Å². The van der Waals surface area contributed by atoms with Crippen molar-refractivity contribution in [2.75, 3.05) is 10.6 Å². The lowest BCUT2D eigenvalue weighted by atomic mass is 10.0. The summed E-state index contributed by atoms with van der Waals surface area (Å²) >= 11 is 0. The molecule has 6 heteroatoms. The minimum Gasteiger partial charge on any atom is -0.307 e. The molecule has 0 aliphatic rings. The van der Waals surface area contributed by atoms with Crippen LogP contribution in [0.2, 0.25) is 0 Å². The molecule has 2 rings (SSSR count). The summed E-state index contributed by atoms with van der Waals surface area (Å²) in [5.41, 5.74) is 3.01. The highest BCUT2D eigenvalue weighted by Gasteiger charge is 2.10. The Morgan fingerprint density at radius 2 is 1.91 bits per heavy atom. The van der Waals surface area contributed by atoms with Crippen LogP contribution < -0.4 is 10.6 Å². The number of nitrogens with one attached hydrogen (secondary N) is 2. The zero-order valence-electron chi connectivity index (χ0n) is 13.7. The van der Waals surface area contributed by atoms with E-state index in [4.69, 9.17) is 0 Å². The summed E-state index contributed by atoms with van der Waals surface area (Å²) in [6.45, 7) is 10.2. The number of hydrogen-bond acceptors (Lipinski definition) is 3. The summed E-state index contributed by atoms with van der Waals surface area (Å²) in [6.07, 6.45) is 1.71. The first-order chi connectivity index (χ1) is 10.4. The number of benzene rings is 1. The first-order valence-corrected chi connectivity index (χ1v) is 7.47. The number of anilines is 2. The Kier molecular flexibility index (Phi) is 4.80. The van der Waals surface area contributed by atoms with Crippen LogP contribution in [0.3, 0.4) is 0 Å². The Morgan fingerprint density at radius 3 is 2.50 bits per heavy atom. The maximum absolute atomic E-state index is 12.1. The van der Waals surface area contributed by atoms with Gasteiger partial charge < -0.3 is 5.32 Å². The Labute approximate surface area is 130 Å². The number of amides is 2. The normalized spacial score (nSPS) is 11.0. The van der Waals surface area contributed by atoms with Crippen LogP contribution in [0.25, 0.3) is 0 Å². The molecule has 0 atom stereocenters. The van der Waals surface area contributed by atoms with Crippen molar-refractivity contribution in [2.24, 2.45) is 0 Å². The van der Waals surface area contributed by atoms with E-state index in [-0.39, 0.29) is 12.1 Å². The van der Waals surface area contributed by atoms with E-state index in [1.165, 1.54) is 5.56 Å². The maximum Gasteiger partial charge on any atom is 0.324 e. The molecule has 22 heavy (non-hydrogen) atoms. The van der Waals surface area contributed by atoms with Gasteiger partial charge >= 0.3 is 6.03 Å². The third kappa shape index (κ3) is 3.84. The molecule has 0 spiro atoms. The maximum atomic E-state index is 12.1. The Bertz CT molecular complexity index is 660. The van der Waals surface area contributed by atoms with E-state index in [9.17, 15) is 4.79 Å². The van der Waals surface area contributed by atoms with Crippen molar-refractivity contribution in [1.29, 1.82) is 0 Å². The van der Waals surface area contributed by atoms with Crippen molar-refractivity contribution in [1.82, 2.24) is 15.0 Å². The highest BCUT2D eigenvalue weighted by atomic mass is 16.2. The van der Waals surface area contributed by atoms with Gasteiger partial charge in [-0.3, -0.25) is 5.32 Å². The van der Waals surface area contributed by atoms with Gasteiger partial charge in [-0.15, -0.1) is 5.10 Å². The van der Waals surface area contributed by atoms with Gasteiger partial charge in [-0.25, -0.2) is 9.48 Å².